The van der Waals surface area contributed by atoms with Gasteiger partial charge in [-0.05, 0) is 36.9 Å². The topological polar surface area (TPSA) is 214 Å². The standard InChI is InChI=1S/C31H34O15/c1-11-18-13(9-15(19(11)28(38)43-6)46-29-24(42-5)22(34)23(41-4)12(2)45-29)8-14-20(21(18)33)27(37)31(44-7)17(32)10-16(40-3)26(36)30(31,39)25(14)35/h8-10,12,22-24,26,29,33-34,36,39H,1-7H3. The molecule has 1 heterocycles. The minimum atomic E-state index is -3.19. The van der Waals surface area contributed by atoms with Gasteiger partial charge in [-0.2, -0.15) is 0 Å². The van der Waals surface area contributed by atoms with Gasteiger partial charge in [-0.25, -0.2) is 4.79 Å². The molecule has 2 aromatic rings. The van der Waals surface area contributed by atoms with Crippen LogP contribution in [0.4, 0.5) is 0 Å². The van der Waals surface area contributed by atoms with Crippen molar-refractivity contribution in [2.45, 2.75) is 61.9 Å². The van der Waals surface area contributed by atoms with Crippen molar-refractivity contribution in [2.24, 2.45) is 0 Å². The molecule has 46 heavy (non-hydrogen) atoms. The predicted octanol–water partition coefficient (Wildman–Crippen LogP) is 0.124. The lowest BCUT2D eigenvalue weighted by atomic mass is 9.60. The van der Waals surface area contributed by atoms with E-state index >= 15 is 0 Å². The molecule has 0 spiro atoms. The molecule has 15 heteroatoms. The van der Waals surface area contributed by atoms with Crippen LogP contribution in [-0.4, -0.2) is 127 Å². The van der Waals surface area contributed by atoms with Crippen molar-refractivity contribution in [1.29, 1.82) is 0 Å². The maximum absolute atomic E-state index is 14.1. The number of rotatable bonds is 7. The molecule has 0 radical (unpaired) electrons. The number of fused-ring (bicyclic) bond motifs is 3. The molecule has 8 atom stereocenters. The van der Waals surface area contributed by atoms with Gasteiger partial charge in [0.05, 0.1) is 25.9 Å². The van der Waals surface area contributed by atoms with Crippen LogP contribution >= 0.6 is 0 Å². The summed E-state index contributed by atoms with van der Waals surface area (Å²) < 4.78 is 38.0. The van der Waals surface area contributed by atoms with Gasteiger partial charge in [-0.1, -0.05) is 0 Å². The Labute approximate surface area is 262 Å². The van der Waals surface area contributed by atoms with Crippen LogP contribution in [0.3, 0.4) is 0 Å². The number of methoxy groups -OCH3 is 5. The molecule has 3 aliphatic rings. The Bertz CT molecular complexity index is 1680. The number of benzene rings is 2. The number of aryl methyl sites for hydroxylation is 1. The van der Waals surface area contributed by atoms with Crippen LogP contribution in [0.2, 0.25) is 0 Å². The van der Waals surface area contributed by atoms with Crippen molar-refractivity contribution >= 4 is 34.1 Å². The van der Waals surface area contributed by atoms with Crippen molar-refractivity contribution in [3.63, 3.8) is 0 Å². The molecular formula is C31H34O15. The normalized spacial score (nSPS) is 32.5. The number of ether oxygens (including phenoxy) is 7. The zero-order valence-electron chi connectivity index (χ0n) is 26.0. The number of phenols is 1. The average Bonchev–Trinajstić information content (AvgIpc) is 3.01. The summed E-state index contributed by atoms with van der Waals surface area (Å²) in [5, 5.41) is 45.1. The number of carbonyl (C=O) groups excluding carboxylic acids is 4. The molecule has 2 aromatic carbocycles. The lowest BCUT2D eigenvalue weighted by Crippen LogP contribution is -2.77. The maximum atomic E-state index is 14.1. The Morgan fingerprint density at radius 2 is 1.63 bits per heavy atom. The first kappa shape index (κ1) is 33.4. The van der Waals surface area contributed by atoms with Gasteiger partial charge in [0, 0.05) is 38.4 Å². The number of esters is 1. The fourth-order valence-corrected chi connectivity index (χ4v) is 6.74. The van der Waals surface area contributed by atoms with Gasteiger partial charge in [0.2, 0.25) is 34.8 Å². The highest BCUT2D eigenvalue weighted by atomic mass is 16.7. The highest BCUT2D eigenvalue weighted by Crippen LogP contribution is 2.50. The number of aliphatic hydroxyl groups is 3. The van der Waals surface area contributed by atoms with E-state index in [0.717, 1.165) is 33.5 Å². The van der Waals surface area contributed by atoms with Crippen molar-refractivity contribution in [1.82, 2.24) is 0 Å². The summed E-state index contributed by atoms with van der Waals surface area (Å²) in [6, 6.07) is 2.39. The van der Waals surface area contributed by atoms with E-state index in [1.807, 2.05) is 0 Å². The number of hydrogen-bond acceptors (Lipinski definition) is 15. The average molecular weight is 647 g/mol. The van der Waals surface area contributed by atoms with Crippen LogP contribution in [0.1, 0.15) is 43.6 Å². The van der Waals surface area contributed by atoms with E-state index in [1.165, 1.54) is 27.2 Å². The molecule has 1 saturated heterocycles. The number of ketones is 3. The minimum absolute atomic E-state index is 0.0388. The molecule has 0 aromatic heterocycles. The predicted molar refractivity (Wildman–Crippen MR) is 154 cm³/mol. The quantitative estimate of drug-likeness (QED) is 0.232. The molecule has 8 unspecified atom stereocenters. The Balaban J connectivity index is 1.76. The number of phenolic OH excluding ortho intramolecular Hbond substituents is 1. The van der Waals surface area contributed by atoms with E-state index in [9.17, 15) is 39.6 Å². The second-order valence-corrected chi connectivity index (χ2v) is 11.2. The van der Waals surface area contributed by atoms with Crippen LogP contribution in [-0.2, 0) is 33.2 Å². The van der Waals surface area contributed by atoms with Gasteiger partial charge in [0.15, 0.2) is 6.10 Å². The third-order valence-corrected chi connectivity index (χ3v) is 9.05. The number of Topliss-reactive ketones (excluding diaryl/α,β-unsaturated/α-hetero) is 2. The molecule has 0 saturated carbocycles. The molecule has 15 nitrogen and oxygen atoms in total. The Morgan fingerprint density at radius 1 is 0.978 bits per heavy atom. The van der Waals surface area contributed by atoms with Crippen LogP contribution in [0.15, 0.2) is 24.0 Å². The van der Waals surface area contributed by atoms with Crippen molar-refractivity contribution < 1.29 is 72.8 Å². The largest absolute Gasteiger partial charge is 0.507 e. The smallest absolute Gasteiger partial charge is 0.341 e. The summed E-state index contributed by atoms with van der Waals surface area (Å²) in [6.45, 7) is 3.06. The molecule has 1 aliphatic heterocycles. The van der Waals surface area contributed by atoms with Crippen molar-refractivity contribution in [2.75, 3.05) is 35.5 Å². The molecule has 4 N–H and O–H groups in total. The zero-order chi connectivity index (χ0) is 34.0. The summed E-state index contributed by atoms with van der Waals surface area (Å²) >= 11 is 0. The molecule has 2 aliphatic carbocycles. The summed E-state index contributed by atoms with van der Waals surface area (Å²) in [5.74, 6) is -6.21. The fourth-order valence-electron chi connectivity index (χ4n) is 6.74. The summed E-state index contributed by atoms with van der Waals surface area (Å²) in [5.41, 5.74) is -7.56. The van der Waals surface area contributed by atoms with Crippen LogP contribution in [0.5, 0.6) is 11.5 Å². The third-order valence-electron chi connectivity index (χ3n) is 9.05. The maximum Gasteiger partial charge on any atom is 0.341 e. The van der Waals surface area contributed by atoms with Gasteiger partial charge in [-0.15, -0.1) is 0 Å². The summed E-state index contributed by atoms with van der Waals surface area (Å²) in [7, 11) is 5.81. The van der Waals surface area contributed by atoms with Crippen molar-refractivity contribution in [3.05, 3.63) is 46.2 Å². The number of aromatic hydroxyl groups is 1. The minimum Gasteiger partial charge on any atom is -0.507 e. The second kappa shape index (κ2) is 11.7. The SMILES string of the molecule is COC(=O)c1c(OC2OC(C)C(OC)C(O)C2OC)cc2cc3c(c(O)c2c1C)C(=O)C1(OC)C(=O)C=C(OC)C(O)C1(O)C3=O. The lowest BCUT2D eigenvalue weighted by molar-refractivity contribution is -0.278. The van der Waals surface area contributed by atoms with E-state index in [4.69, 9.17) is 33.2 Å². The lowest BCUT2D eigenvalue weighted by Gasteiger charge is -2.49. The number of aliphatic hydroxyl groups excluding tert-OH is 2. The van der Waals surface area contributed by atoms with Crippen molar-refractivity contribution in [3.8, 4) is 11.5 Å². The Morgan fingerprint density at radius 3 is 2.20 bits per heavy atom. The van der Waals surface area contributed by atoms with E-state index in [-0.39, 0.29) is 27.6 Å². The Hall–Kier alpha value is -3.96. The highest BCUT2D eigenvalue weighted by Gasteiger charge is 2.74. The van der Waals surface area contributed by atoms with Crippen LogP contribution < -0.4 is 4.74 Å². The summed E-state index contributed by atoms with van der Waals surface area (Å²) in [4.78, 5) is 54.6. The molecule has 0 bridgehead atoms. The first-order valence-electron chi connectivity index (χ1n) is 14.0. The van der Waals surface area contributed by atoms with Gasteiger partial charge >= 0.3 is 5.97 Å². The molecule has 0 amide bonds. The second-order valence-electron chi connectivity index (χ2n) is 11.2. The molecule has 248 valence electrons. The fraction of sp³-hybridized carbons (Fsp3) is 0.484. The van der Waals surface area contributed by atoms with E-state index in [0.29, 0.717) is 0 Å². The van der Waals surface area contributed by atoms with E-state index in [2.05, 4.69) is 0 Å². The van der Waals surface area contributed by atoms with Gasteiger partial charge in [-0.3, -0.25) is 14.4 Å². The highest BCUT2D eigenvalue weighted by molar-refractivity contribution is 6.35. The third kappa shape index (κ3) is 4.24. The van der Waals surface area contributed by atoms with E-state index in [1.54, 1.807) is 6.92 Å². The van der Waals surface area contributed by atoms with Gasteiger partial charge in [0.25, 0.3) is 0 Å². The first-order valence-corrected chi connectivity index (χ1v) is 14.0. The van der Waals surface area contributed by atoms with E-state index < -0.39 is 94.0 Å². The zero-order valence-corrected chi connectivity index (χ0v) is 26.0. The van der Waals surface area contributed by atoms with Crippen LogP contribution in [0.25, 0.3) is 10.8 Å². The molecular weight excluding hydrogens is 612 g/mol. The summed E-state index contributed by atoms with van der Waals surface area (Å²) in [6.07, 6.45) is -6.52. The molecule has 1 fully saturated rings. The van der Waals surface area contributed by atoms with Gasteiger partial charge in [0.1, 0.15) is 41.1 Å². The molecule has 5 rings (SSSR count). The number of carbonyl (C=O) groups is 4. The monoisotopic (exact) mass is 646 g/mol. The van der Waals surface area contributed by atoms with Gasteiger partial charge < -0.3 is 53.6 Å². The Kier molecular flexibility index (Phi) is 8.49. The first-order chi connectivity index (χ1) is 21.7. The number of hydrogen-bond donors (Lipinski definition) is 4. The van der Waals surface area contributed by atoms with Crippen LogP contribution in [0, 0.1) is 6.92 Å².